The van der Waals surface area contributed by atoms with Crippen LogP contribution >= 0.6 is 12.2 Å². The zero-order chi connectivity index (χ0) is 24.9. The zero-order valence-electron chi connectivity index (χ0n) is 20.3. The van der Waals surface area contributed by atoms with E-state index in [1.54, 1.807) is 31.4 Å². The van der Waals surface area contributed by atoms with Crippen molar-refractivity contribution in [3.8, 4) is 16.9 Å². The Labute approximate surface area is 215 Å². The molecule has 1 amide bonds. The van der Waals surface area contributed by atoms with Crippen LogP contribution in [0.15, 0.2) is 57.7 Å². The van der Waals surface area contributed by atoms with Gasteiger partial charge in [-0.15, -0.1) is 0 Å². The molecule has 0 atom stereocenters. The van der Waals surface area contributed by atoms with Crippen molar-refractivity contribution >= 4 is 39.9 Å². The lowest BCUT2D eigenvalue weighted by atomic mass is 9.49. The monoisotopic (exact) mass is 502 g/mol. The summed E-state index contributed by atoms with van der Waals surface area (Å²) in [5, 5.41) is 7.07. The van der Waals surface area contributed by atoms with E-state index in [2.05, 4.69) is 10.6 Å². The molecular formula is C29H30N2O4S. The van der Waals surface area contributed by atoms with Gasteiger partial charge < -0.3 is 19.8 Å². The number of methoxy groups -OCH3 is 1. The number of amides is 1. The van der Waals surface area contributed by atoms with E-state index in [0.717, 1.165) is 23.1 Å². The molecule has 0 saturated heterocycles. The van der Waals surface area contributed by atoms with Gasteiger partial charge in [0.15, 0.2) is 5.11 Å². The summed E-state index contributed by atoms with van der Waals surface area (Å²) in [6, 6.07) is 14.6. The van der Waals surface area contributed by atoms with E-state index in [-0.39, 0.29) is 16.4 Å². The largest absolute Gasteiger partial charge is 0.495 e. The second-order valence-electron chi connectivity index (χ2n) is 11.0. The molecule has 0 aliphatic heterocycles. The number of hydrogen-bond donors (Lipinski definition) is 2. The molecule has 36 heavy (non-hydrogen) atoms. The number of fused-ring (bicyclic) bond motifs is 1. The van der Waals surface area contributed by atoms with E-state index in [4.69, 9.17) is 21.4 Å². The highest BCUT2D eigenvalue weighted by atomic mass is 32.1. The Morgan fingerprint density at radius 1 is 1.06 bits per heavy atom. The fourth-order valence-electron chi connectivity index (χ4n) is 7.41. The molecule has 2 aromatic carbocycles. The molecule has 6 nitrogen and oxygen atoms in total. The number of anilines is 1. The highest BCUT2D eigenvalue weighted by Gasteiger charge is 2.51. The Hall–Kier alpha value is -3.19. The number of ether oxygens (including phenoxy) is 1. The molecule has 3 aromatic rings. The first-order chi connectivity index (χ1) is 17.4. The van der Waals surface area contributed by atoms with E-state index in [9.17, 15) is 9.59 Å². The molecule has 2 N–H and O–H groups in total. The average molecular weight is 503 g/mol. The minimum atomic E-state index is -0.420. The van der Waals surface area contributed by atoms with Gasteiger partial charge in [-0.2, -0.15) is 0 Å². The SMILES string of the molecule is COc1ccc(-c2cc3ccccc3oc2=O)cc1NC(=S)NC(=O)CC12CC3CC(CC(C3)C1)C2. The molecule has 7 rings (SSSR count). The number of nitrogens with one attached hydrogen (secondary N) is 2. The number of hydrogen-bond acceptors (Lipinski definition) is 5. The average Bonchev–Trinajstić information content (AvgIpc) is 2.82. The Kier molecular flexibility index (Phi) is 5.83. The first-order valence-electron chi connectivity index (χ1n) is 12.7. The van der Waals surface area contributed by atoms with Crippen LogP contribution in [0.25, 0.3) is 22.1 Å². The van der Waals surface area contributed by atoms with Crippen LogP contribution in [-0.2, 0) is 4.79 Å². The summed E-state index contributed by atoms with van der Waals surface area (Å²) in [6.07, 6.45) is 8.13. The lowest BCUT2D eigenvalue weighted by Gasteiger charge is -2.56. The van der Waals surface area contributed by atoms with Crippen LogP contribution in [0.2, 0.25) is 0 Å². The van der Waals surface area contributed by atoms with Crippen molar-refractivity contribution < 1.29 is 13.9 Å². The van der Waals surface area contributed by atoms with Crippen molar-refractivity contribution in [3.63, 3.8) is 0 Å². The molecule has 1 heterocycles. The van der Waals surface area contributed by atoms with Crippen LogP contribution in [-0.4, -0.2) is 18.1 Å². The second kappa shape index (κ2) is 9.04. The quantitative estimate of drug-likeness (QED) is 0.335. The number of benzene rings is 2. The Bertz CT molecular complexity index is 1380. The highest BCUT2D eigenvalue weighted by molar-refractivity contribution is 7.80. The third-order valence-electron chi connectivity index (χ3n) is 8.35. The number of rotatable bonds is 5. The molecule has 4 bridgehead atoms. The standard InChI is InChI=1S/C29H30N2O4S/c1-34-25-7-6-20(22-11-21-4-2-3-5-24(21)35-27(22)33)12-23(25)30-28(36)31-26(32)16-29-13-17-8-18(14-29)10-19(9-17)15-29/h2-7,11-12,17-19H,8-10,13-16H2,1H3,(H2,30,31,32,36). The molecule has 0 spiro atoms. The van der Waals surface area contributed by atoms with Gasteiger partial charge in [-0.3, -0.25) is 4.79 Å². The maximum absolute atomic E-state index is 13.0. The van der Waals surface area contributed by atoms with Gasteiger partial charge in [-0.05, 0) is 104 Å². The molecule has 4 fully saturated rings. The summed E-state index contributed by atoms with van der Waals surface area (Å²) < 4.78 is 11.0. The normalized spacial score (nSPS) is 26.1. The Morgan fingerprint density at radius 2 is 1.75 bits per heavy atom. The van der Waals surface area contributed by atoms with Crippen molar-refractivity contribution in [3.05, 3.63) is 59.0 Å². The minimum Gasteiger partial charge on any atom is -0.495 e. The first-order valence-corrected chi connectivity index (χ1v) is 13.1. The van der Waals surface area contributed by atoms with Gasteiger partial charge in [0.1, 0.15) is 11.3 Å². The van der Waals surface area contributed by atoms with Gasteiger partial charge in [-0.1, -0.05) is 24.3 Å². The summed E-state index contributed by atoms with van der Waals surface area (Å²) in [5.41, 5.74) is 1.95. The Balaban J connectivity index is 1.18. The summed E-state index contributed by atoms with van der Waals surface area (Å²) >= 11 is 5.50. The summed E-state index contributed by atoms with van der Waals surface area (Å²) in [5.74, 6) is 2.93. The molecule has 4 aliphatic carbocycles. The fraction of sp³-hybridized carbons (Fsp3) is 0.414. The minimum absolute atomic E-state index is 0.0280. The maximum atomic E-state index is 13.0. The Morgan fingerprint density at radius 3 is 2.44 bits per heavy atom. The van der Waals surface area contributed by atoms with E-state index in [0.29, 0.717) is 34.6 Å². The number of carbonyl (C=O) groups is 1. The van der Waals surface area contributed by atoms with Crippen LogP contribution in [0.3, 0.4) is 0 Å². The number of carbonyl (C=O) groups excluding carboxylic acids is 1. The van der Waals surface area contributed by atoms with Gasteiger partial charge >= 0.3 is 5.63 Å². The van der Waals surface area contributed by atoms with Crippen LogP contribution in [0.5, 0.6) is 5.75 Å². The van der Waals surface area contributed by atoms with Crippen molar-refractivity contribution in [1.29, 1.82) is 0 Å². The van der Waals surface area contributed by atoms with Gasteiger partial charge in [0, 0.05) is 11.8 Å². The predicted octanol–water partition coefficient (Wildman–Crippen LogP) is 5.89. The molecule has 0 unspecified atom stereocenters. The smallest absolute Gasteiger partial charge is 0.344 e. The van der Waals surface area contributed by atoms with E-state index in [1.165, 1.54) is 38.5 Å². The van der Waals surface area contributed by atoms with Crippen molar-refractivity contribution in [1.82, 2.24) is 5.32 Å². The first kappa shape index (κ1) is 23.2. The van der Waals surface area contributed by atoms with Crippen LogP contribution in [0, 0.1) is 23.2 Å². The topological polar surface area (TPSA) is 80.6 Å². The molecule has 1 aromatic heterocycles. The predicted molar refractivity (Wildman–Crippen MR) is 144 cm³/mol. The third-order valence-corrected chi connectivity index (χ3v) is 8.56. The third kappa shape index (κ3) is 4.41. The van der Waals surface area contributed by atoms with E-state index >= 15 is 0 Å². The van der Waals surface area contributed by atoms with Gasteiger partial charge in [0.2, 0.25) is 5.91 Å². The second-order valence-corrected chi connectivity index (χ2v) is 11.4. The highest BCUT2D eigenvalue weighted by Crippen LogP contribution is 2.61. The van der Waals surface area contributed by atoms with Gasteiger partial charge in [0.05, 0.1) is 18.4 Å². The van der Waals surface area contributed by atoms with Gasteiger partial charge in [-0.25, -0.2) is 4.79 Å². The zero-order valence-corrected chi connectivity index (χ0v) is 21.2. The fourth-order valence-corrected chi connectivity index (χ4v) is 7.63. The molecule has 0 radical (unpaired) electrons. The lowest BCUT2D eigenvalue weighted by Crippen LogP contribution is -2.48. The summed E-state index contributed by atoms with van der Waals surface area (Å²) in [7, 11) is 1.57. The lowest BCUT2D eigenvalue weighted by molar-refractivity contribution is -0.127. The maximum Gasteiger partial charge on any atom is 0.344 e. The van der Waals surface area contributed by atoms with Crippen molar-refractivity contribution in [2.45, 2.75) is 44.9 Å². The molecular weight excluding hydrogens is 472 g/mol. The van der Waals surface area contributed by atoms with Gasteiger partial charge in [0.25, 0.3) is 0 Å². The molecule has 4 aliphatic rings. The molecule has 4 saturated carbocycles. The van der Waals surface area contributed by atoms with Crippen LogP contribution in [0.4, 0.5) is 5.69 Å². The molecule has 186 valence electrons. The van der Waals surface area contributed by atoms with Crippen molar-refractivity contribution in [2.24, 2.45) is 23.2 Å². The van der Waals surface area contributed by atoms with Crippen molar-refractivity contribution in [2.75, 3.05) is 12.4 Å². The number of thiocarbonyl (C=S) groups is 1. The molecule has 7 heteroatoms. The summed E-state index contributed by atoms with van der Waals surface area (Å²) in [6.45, 7) is 0. The summed E-state index contributed by atoms with van der Waals surface area (Å²) in [4.78, 5) is 25.7. The van der Waals surface area contributed by atoms with E-state index < -0.39 is 5.63 Å². The van der Waals surface area contributed by atoms with Crippen LogP contribution in [0.1, 0.15) is 44.9 Å². The van der Waals surface area contributed by atoms with E-state index in [1.807, 2.05) is 24.3 Å². The van der Waals surface area contributed by atoms with Crippen LogP contribution < -0.4 is 21.0 Å². The number of para-hydroxylation sites is 1.